The second-order valence-corrected chi connectivity index (χ2v) is 12.6. The van der Waals surface area contributed by atoms with Gasteiger partial charge in [0.1, 0.15) is 0 Å². The van der Waals surface area contributed by atoms with Crippen LogP contribution < -0.4 is 4.90 Å². The standard InChI is InChI=1S/C22H31ClN4O4S/c1-32(30,31)27-13-21(14-27)4-7-24(8-5-21)19-10-17(9-18(23)11-19)12-26-6-2-3-22(26)15-25(16-22)20(28)29/h9-11H,2-8,12-16H2,1H3,(H,28,29). The van der Waals surface area contributed by atoms with Gasteiger partial charge < -0.3 is 14.9 Å². The fourth-order valence-electron chi connectivity index (χ4n) is 6.02. The number of rotatable bonds is 4. The van der Waals surface area contributed by atoms with Gasteiger partial charge in [0, 0.05) is 61.9 Å². The van der Waals surface area contributed by atoms with Gasteiger partial charge in [0.05, 0.1) is 11.8 Å². The molecule has 5 rings (SSSR count). The van der Waals surface area contributed by atoms with Gasteiger partial charge in [-0.3, -0.25) is 4.90 Å². The number of hydrogen-bond acceptors (Lipinski definition) is 5. The Bertz CT molecular complexity index is 1010. The molecule has 0 aliphatic carbocycles. The van der Waals surface area contributed by atoms with Gasteiger partial charge in [0.2, 0.25) is 10.0 Å². The molecule has 1 amide bonds. The number of sulfonamides is 1. The third-order valence-electron chi connectivity index (χ3n) is 7.98. The van der Waals surface area contributed by atoms with E-state index in [0.717, 1.165) is 68.1 Å². The van der Waals surface area contributed by atoms with Crippen LogP contribution in [-0.4, -0.2) is 91.3 Å². The highest BCUT2D eigenvalue weighted by Crippen LogP contribution is 2.43. The maximum atomic E-state index is 11.7. The Morgan fingerprint density at radius 1 is 1.06 bits per heavy atom. The summed E-state index contributed by atoms with van der Waals surface area (Å²) in [6.07, 6.45) is 4.57. The number of hydrogen-bond donors (Lipinski definition) is 1. The lowest BCUT2D eigenvalue weighted by molar-refractivity contribution is -0.0221. The van der Waals surface area contributed by atoms with Gasteiger partial charge in [-0.25, -0.2) is 17.5 Å². The number of benzene rings is 1. The van der Waals surface area contributed by atoms with E-state index >= 15 is 0 Å². The molecule has 4 aliphatic rings. The molecule has 4 aliphatic heterocycles. The number of carboxylic acid groups (broad SMARTS) is 1. The largest absolute Gasteiger partial charge is 0.465 e. The molecular weight excluding hydrogens is 452 g/mol. The summed E-state index contributed by atoms with van der Waals surface area (Å²) in [4.78, 5) is 17.5. The Labute approximate surface area is 194 Å². The van der Waals surface area contributed by atoms with Crippen molar-refractivity contribution in [1.82, 2.24) is 14.1 Å². The summed E-state index contributed by atoms with van der Waals surface area (Å²) >= 11 is 6.50. The molecule has 10 heteroatoms. The molecule has 4 saturated heterocycles. The second kappa shape index (κ2) is 7.75. The van der Waals surface area contributed by atoms with Gasteiger partial charge in [-0.2, -0.15) is 0 Å². The molecule has 0 saturated carbocycles. The molecule has 1 aromatic carbocycles. The van der Waals surface area contributed by atoms with E-state index in [2.05, 4.69) is 15.9 Å². The van der Waals surface area contributed by atoms with Gasteiger partial charge in [0.25, 0.3) is 0 Å². The van der Waals surface area contributed by atoms with Gasteiger partial charge >= 0.3 is 6.09 Å². The third kappa shape index (κ3) is 3.97. The van der Waals surface area contributed by atoms with Crippen LogP contribution in [0.25, 0.3) is 0 Å². The van der Waals surface area contributed by atoms with Gasteiger partial charge in [-0.15, -0.1) is 0 Å². The average Bonchev–Trinajstić information content (AvgIpc) is 3.07. The van der Waals surface area contributed by atoms with Crippen molar-refractivity contribution in [1.29, 1.82) is 0 Å². The molecule has 176 valence electrons. The van der Waals surface area contributed by atoms with E-state index in [1.54, 1.807) is 4.31 Å². The number of amides is 1. The summed E-state index contributed by atoms with van der Waals surface area (Å²) in [7, 11) is -3.08. The van der Waals surface area contributed by atoms with E-state index < -0.39 is 16.1 Å². The first-order valence-electron chi connectivity index (χ1n) is 11.3. The number of piperidine rings is 1. The summed E-state index contributed by atoms with van der Waals surface area (Å²) in [5.74, 6) is 0. The van der Waals surface area contributed by atoms with Crippen molar-refractivity contribution in [2.75, 3.05) is 57.0 Å². The summed E-state index contributed by atoms with van der Waals surface area (Å²) in [6, 6.07) is 6.25. The monoisotopic (exact) mass is 482 g/mol. The van der Waals surface area contributed by atoms with Crippen LogP contribution in [0.1, 0.15) is 31.2 Å². The minimum atomic E-state index is -3.08. The Kier molecular flexibility index (Phi) is 5.39. The zero-order valence-electron chi connectivity index (χ0n) is 18.5. The first kappa shape index (κ1) is 22.3. The van der Waals surface area contributed by atoms with Crippen LogP contribution in [0.15, 0.2) is 18.2 Å². The van der Waals surface area contributed by atoms with E-state index in [4.69, 9.17) is 11.6 Å². The second-order valence-electron chi connectivity index (χ2n) is 10.2. The lowest BCUT2D eigenvalue weighted by Crippen LogP contribution is -2.68. The van der Waals surface area contributed by atoms with Crippen molar-refractivity contribution >= 4 is 33.4 Å². The first-order chi connectivity index (χ1) is 15.1. The lowest BCUT2D eigenvalue weighted by Gasteiger charge is -2.53. The quantitative estimate of drug-likeness (QED) is 0.710. The van der Waals surface area contributed by atoms with Gasteiger partial charge in [0.15, 0.2) is 0 Å². The normalized spacial score (nSPS) is 25.2. The molecule has 1 aromatic rings. The molecule has 0 aromatic heterocycles. The molecule has 4 fully saturated rings. The van der Waals surface area contributed by atoms with Crippen LogP contribution in [-0.2, 0) is 16.6 Å². The topological polar surface area (TPSA) is 84.4 Å². The van der Waals surface area contributed by atoms with Crippen LogP contribution in [0, 0.1) is 5.41 Å². The fourth-order valence-corrected chi connectivity index (χ4v) is 7.29. The Balaban J connectivity index is 1.23. The van der Waals surface area contributed by atoms with Crippen LogP contribution in [0.3, 0.4) is 0 Å². The number of nitrogens with zero attached hydrogens (tertiary/aromatic N) is 4. The van der Waals surface area contributed by atoms with E-state index in [0.29, 0.717) is 26.2 Å². The summed E-state index contributed by atoms with van der Waals surface area (Å²) in [6.45, 7) is 6.04. The van der Waals surface area contributed by atoms with Crippen LogP contribution in [0.4, 0.5) is 10.5 Å². The molecule has 4 heterocycles. The SMILES string of the molecule is CS(=O)(=O)N1CC2(CCN(c3cc(Cl)cc(CN4CCCC45CN(C(=O)O)C5)c3)CC2)C1. The van der Waals surface area contributed by atoms with Crippen LogP contribution in [0.2, 0.25) is 5.02 Å². The maximum absolute atomic E-state index is 11.7. The Morgan fingerprint density at radius 3 is 2.38 bits per heavy atom. The highest BCUT2D eigenvalue weighted by molar-refractivity contribution is 7.88. The Hall–Kier alpha value is -1.55. The van der Waals surface area contributed by atoms with Gasteiger partial charge in [-0.1, -0.05) is 11.6 Å². The predicted octanol–water partition coefficient (Wildman–Crippen LogP) is 2.53. The van der Waals surface area contributed by atoms with E-state index in [9.17, 15) is 18.3 Å². The van der Waals surface area contributed by atoms with E-state index in [-0.39, 0.29) is 11.0 Å². The average molecular weight is 483 g/mol. The van der Waals surface area contributed by atoms with Crippen molar-refractivity contribution in [3.05, 3.63) is 28.8 Å². The van der Waals surface area contributed by atoms with Crippen LogP contribution in [0.5, 0.6) is 0 Å². The molecule has 0 bridgehead atoms. The number of likely N-dealkylation sites (tertiary alicyclic amines) is 2. The molecule has 8 nitrogen and oxygen atoms in total. The van der Waals surface area contributed by atoms with Gasteiger partial charge in [-0.05, 0) is 56.0 Å². The van der Waals surface area contributed by atoms with E-state index in [1.165, 1.54) is 11.2 Å². The summed E-state index contributed by atoms with van der Waals surface area (Å²) in [5, 5.41) is 9.96. The Morgan fingerprint density at radius 2 is 1.75 bits per heavy atom. The predicted molar refractivity (Wildman–Crippen MR) is 124 cm³/mol. The van der Waals surface area contributed by atoms with Crippen molar-refractivity contribution in [3.63, 3.8) is 0 Å². The first-order valence-corrected chi connectivity index (χ1v) is 13.5. The van der Waals surface area contributed by atoms with Crippen molar-refractivity contribution < 1.29 is 18.3 Å². The highest BCUT2D eigenvalue weighted by Gasteiger charge is 2.52. The summed E-state index contributed by atoms with van der Waals surface area (Å²) < 4.78 is 25.0. The molecule has 1 N–H and O–H groups in total. The van der Waals surface area contributed by atoms with Crippen LogP contribution >= 0.6 is 11.6 Å². The zero-order valence-corrected chi connectivity index (χ0v) is 20.0. The van der Waals surface area contributed by atoms with Crippen molar-refractivity contribution in [2.45, 2.75) is 37.8 Å². The minimum Gasteiger partial charge on any atom is -0.465 e. The maximum Gasteiger partial charge on any atom is 0.407 e. The molecule has 0 unspecified atom stereocenters. The van der Waals surface area contributed by atoms with Crippen molar-refractivity contribution in [3.8, 4) is 0 Å². The molecular formula is C22H31ClN4O4S. The smallest absolute Gasteiger partial charge is 0.407 e. The number of carbonyl (C=O) groups is 1. The molecule has 0 atom stereocenters. The number of anilines is 1. The summed E-state index contributed by atoms with van der Waals surface area (Å²) in [5.41, 5.74) is 2.39. The molecule has 32 heavy (non-hydrogen) atoms. The van der Waals surface area contributed by atoms with E-state index in [1.807, 2.05) is 12.1 Å². The lowest BCUT2D eigenvalue weighted by atomic mass is 9.73. The highest BCUT2D eigenvalue weighted by atomic mass is 35.5. The fraction of sp³-hybridized carbons (Fsp3) is 0.682. The zero-order chi connectivity index (χ0) is 22.7. The minimum absolute atomic E-state index is 0.0198. The third-order valence-corrected chi connectivity index (χ3v) is 9.39. The van der Waals surface area contributed by atoms with Crippen molar-refractivity contribution in [2.24, 2.45) is 5.41 Å². The molecule has 0 radical (unpaired) electrons. The number of halogens is 1. The molecule has 2 spiro atoms.